The van der Waals surface area contributed by atoms with Crippen molar-refractivity contribution < 1.29 is 9.21 Å². The quantitative estimate of drug-likeness (QED) is 0.782. The zero-order valence-electron chi connectivity index (χ0n) is 15.2. The molecule has 1 saturated heterocycles. The van der Waals surface area contributed by atoms with Crippen LogP contribution in [0.4, 0.5) is 11.4 Å². The van der Waals surface area contributed by atoms with E-state index in [4.69, 9.17) is 4.42 Å². The highest BCUT2D eigenvalue weighted by atomic mass is 16.3. The van der Waals surface area contributed by atoms with Crippen LogP contribution in [0.15, 0.2) is 52.9 Å². The van der Waals surface area contributed by atoms with E-state index in [1.165, 1.54) is 5.69 Å². The van der Waals surface area contributed by atoms with Gasteiger partial charge in [0.15, 0.2) is 5.76 Å². The maximum Gasteiger partial charge on any atom is 0.291 e. The van der Waals surface area contributed by atoms with E-state index in [9.17, 15) is 4.79 Å². The number of amides is 1. The minimum Gasteiger partial charge on any atom is -0.451 e. The number of nitrogens with one attached hydrogen (secondary N) is 1. The lowest BCUT2D eigenvalue weighted by Gasteiger charge is -2.35. The second-order valence-electron chi connectivity index (χ2n) is 6.89. The number of hydrogen-bond donors (Lipinski definition) is 1. The van der Waals surface area contributed by atoms with Gasteiger partial charge < -0.3 is 19.5 Å². The second kappa shape index (κ2) is 6.84. The van der Waals surface area contributed by atoms with Crippen LogP contribution in [-0.4, -0.2) is 44.0 Å². The van der Waals surface area contributed by atoms with Crippen molar-refractivity contribution in [3.8, 4) is 0 Å². The molecule has 5 heteroatoms. The number of nitrogens with zero attached hydrogens (tertiary/aromatic N) is 2. The summed E-state index contributed by atoms with van der Waals surface area (Å²) in [5.74, 6) is 0.0972. The number of carbonyl (C=O) groups excluding carboxylic acids is 1. The van der Waals surface area contributed by atoms with Crippen molar-refractivity contribution in [1.29, 1.82) is 0 Å². The summed E-state index contributed by atoms with van der Waals surface area (Å²) in [5.41, 5.74) is 3.90. The van der Waals surface area contributed by atoms with Crippen molar-refractivity contribution in [2.45, 2.75) is 6.92 Å². The molecule has 2 aromatic carbocycles. The third-order valence-corrected chi connectivity index (χ3v) is 4.95. The molecule has 0 atom stereocenters. The second-order valence-corrected chi connectivity index (χ2v) is 6.89. The molecule has 1 amide bonds. The van der Waals surface area contributed by atoms with Gasteiger partial charge in [0, 0.05) is 42.9 Å². The molecule has 0 radical (unpaired) electrons. The van der Waals surface area contributed by atoms with Gasteiger partial charge in [0.2, 0.25) is 0 Å². The number of furan rings is 1. The molecule has 1 fully saturated rings. The van der Waals surface area contributed by atoms with Crippen LogP contribution < -0.4 is 10.2 Å². The first-order valence-corrected chi connectivity index (χ1v) is 8.94. The van der Waals surface area contributed by atoms with E-state index in [-0.39, 0.29) is 5.91 Å². The van der Waals surface area contributed by atoms with Crippen LogP contribution >= 0.6 is 0 Å². The standard InChI is InChI=1S/C21H23N3O2/c1-15-13-17(7-8-18(15)24-11-9-23(2)10-12-24)22-21(25)20-14-16-5-3-4-6-19(16)26-20/h3-8,13-14H,9-12H2,1-2H3,(H,22,25). The lowest BCUT2D eigenvalue weighted by Crippen LogP contribution is -2.44. The first-order chi connectivity index (χ1) is 12.6. The third-order valence-electron chi connectivity index (χ3n) is 4.95. The molecule has 26 heavy (non-hydrogen) atoms. The van der Waals surface area contributed by atoms with Crippen LogP contribution in [0.2, 0.25) is 0 Å². The van der Waals surface area contributed by atoms with Crippen molar-refractivity contribution in [3.63, 3.8) is 0 Å². The highest BCUT2D eigenvalue weighted by molar-refractivity contribution is 6.04. The number of rotatable bonds is 3. The van der Waals surface area contributed by atoms with Crippen molar-refractivity contribution in [3.05, 3.63) is 59.9 Å². The van der Waals surface area contributed by atoms with E-state index >= 15 is 0 Å². The summed E-state index contributed by atoms with van der Waals surface area (Å²) >= 11 is 0. The summed E-state index contributed by atoms with van der Waals surface area (Å²) in [4.78, 5) is 17.2. The maximum atomic E-state index is 12.5. The van der Waals surface area contributed by atoms with Gasteiger partial charge in [0.05, 0.1) is 0 Å². The van der Waals surface area contributed by atoms with Gasteiger partial charge >= 0.3 is 0 Å². The lowest BCUT2D eigenvalue weighted by molar-refractivity contribution is 0.0998. The number of likely N-dealkylation sites (N-methyl/N-ethyl adjacent to an activating group) is 1. The first kappa shape index (κ1) is 16.7. The van der Waals surface area contributed by atoms with Gasteiger partial charge in [-0.05, 0) is 49.9 Å². The predicted molar refractivity (Wildman–Crippen MR) is 105 cm³/mol. The van der Waals surface area contributed by atoms with Crippen molar-refractivity contribution >= 4 is 28.3 Å². The summed E-state index contributed by atoms with van der Waals surface area (Å²) in [7, 11) is 2.15. The smallest absolute Gasteiger partial charge is 0.291 e. The van der Waals surface area contributed by atoms with E-state index in [1.807, 2.05) is 36.4 Å². The van der Waals surface area contributed by atoms with Crippen LogP contribution in [0.1, 0.15) is 16.1 Å². The summed E-state index contributed by atoms with van der Waals surface area (Å²) in [6.07, 6.45) is 0. The molecule has 5 nitrogen and oxygen atoms in total. The molecule has 1 aromatic heterocycles. The number of aryl methyl sites for hydroxylation is 1. The number of carbonyl (C=O) groups is 1. The van der Waals surface area contributed by atoms with Gasteiger partial charge in [-0.3, -0.25) is 4.79 Å². The minimum atomic E-state index is -0.229. The number of anilines is 2. The molecule has 0 bridgehead atoms. The first-order valence-electron chi connectivity index (χ1n) is 8.94. The molecule has 1 N–H and O–H groups in total. The van der Waals surface area contributed by atoms with Crippen molar-refractivity contribution in [1.82, 2.24) is 4.90 Å². The van der Waals surface area contributed by atoms with Crippen LogP contribution in [0.3, 0.4) is 0 Å². The molecule has 2 heterocycles. The van der Waals surface area contributed by atoms with Crippen LogP contribution in [-0.2, 0) is 0 Å². The molecular formula is C21H23N3O2. The Kier molecular flexibility index (Phi) is 4.39. The fraction of sp³-hybridized carbons (Fsp3) is 0.286. The molecule has 0 aliphatic carbocycles. The van der Waals surface area contributed by atoms with E-state index in [0.717, 1.165) is 48.4 Å². The fourth-order valence-corrected chi connectivity index (χ4v) is 3.42. The lowest BCUT2D eigenvalue weighted by atomic mass is 10.1. The molecule has 0 spiro atoms. The Balaban J connectivity index is 1.49. The number of para-hydroxylation sites is 1. The summed E-state index contributed by atoms with van der Waals surface area (Å²) in [6.45, 7) is 6.29. The van der Waals surface area contributed by atoms with Crippen LogP contribution in [0.5, 0.6) is 0 Å². The fourth-order valence-electron chi connectivity index (χ4n) is 3.42. The van der Waals surface area contributed by atoms with E-state index in [1.54, 1.807) is 6.07 Å². The van der Waals surface area contributed by atoms with Crippen LogP contribution in [0.25, 0.3) is 11.0 Å². The summed E-state index contributed by atoms with van der Waals surface area (Å²) in [5, 5.41) is 3.87. The molecule has 134 valence electrons. The third kappa shape index (κ3) is 3.30. The van der Waals surface area contributed by atoms with E-state index in [0.29, 0.717) is 5.76 Å². The van der Waals surface area contributed by atoms with Gasteiger partial charge in [-0.15, -0.1) is 0 Å². The molecular weight excluding hydrogens is 326 g/mol. The Morgan fingerprint density at radius 3 is 2.54 bits per heavy atom. The minimum absolute atomic E-state index is 0.229. The number of hydrogen-bond acceptors (Lipinski definition) is 4. The van der Waals surface area contributed by atoms with Crippen LogP contribution in [0, 0.1) is 6.92 Å². The average molecular weight is 349 g/mol. The number of benzene rings is 2. The molecule has 1 aliphatic rings. The normalized spacial score (nSPS) is 15.4. The van der Waals surface area contributed by atoms with Gasteiger partial charge in [-0.25, -0.2) is 0 Å². The SMILES string of the molecule is Cc1cc(NC(=O)c2cc3ccccc3o2)ccc1N1CCN(C)CC1. The van der Waals surface area contributed by atoms with Crippen molar-refractivity contribution in [2.24, 2.45) is 0 Å². The highest BCUT2D eigenvalue weighted by Crippen LogP contribution is 2.25. The van der Waals surface area contributed by atoms with E-state index < -0.39 is 0 Å². The molecule has 0 unspecified atom stereocenters. The molecule has 0 saturated carbocycles. The Labute approximate surface area is 153 Å². The Morgan fingerprint density at radius 2 is 1.81 bits per heavy atom. The number of piperazine rings is 1. The average Bonchev–Trinajstić information content (AvgIpc) is 3.07. The summed E-state index contributed by atoms with van der Waals surface area (Å²) < 4.78 is 5.64. The molecule has 3 aromatic rings. The maximum absolute atomic E-state index is 12.5. The van der Waals surface area contributed by atoms with Gasteiger partial charge in [-0.2, -0.15) is 0 Å². The van der Waals surface area contributed by atoms with E-state index in [2.05, 4.69) is 35.2 Å². The van der Waals surface area contributed by atoms with Gasteiger partial charge in [0.25, 0.3) is 5.91 Å². The van der Waals surface area contributed by atoms with Crippen molar-refractivity contribution in [2.75, 3.05) is 43.4 Å². The largest absolute Gasteiger partial charge is 0.451 e. The predicted octanol–water partition coefficient (Wildman–Crippen LogP) is 3.75. The van der Waals surface area contributed by atoms with Gasteiger partial charge in [-0.1, -0.05) is 18.2 Å². The summed E-state index contributed by atoms with van der Waals surface area (Å²) in [6, 6.07) is 15.5. The Hall–Kier alpha value is -2.79. The zero-order valence-corrected chi connectivity index (χ0v) is 15.2. The highest BCUT2D eigenvalue weighted by Gasteiger charge is 2.17. The monoisotopic (exact) mass is 349 g/mol. The zero-order chi connectivity index (χ0) is 18.1. The molecule has 4 rings (SSSR count). The Bertz CT molecular complexity index is 906. The number of fused-ring (bicyclic) bond motifs is 1. The topological polar surface area (TPSA) is 48.7 Å². The van der Waals surface area contributed by atoms with Gasteiger partial charge in [0.1, 0.15) is 5.58 Å². The Morgan fingerprint density at radius 1 is 1.04 bits per heavy atom. The molecule has 1 aliphatic heterocycles.